The quantitative estimate of drug-likeness (QED) is 0.401. The summed E-state index contributed by atoms with van der Waals surface area (Å²) in [5, 5.41) is 0. The number of hydrogen-bond donors (Lipinski definition) is 0. The van der Waals surface area contributed by atoms with Gasteiger partial charge in [0, 0.05) is 5.88 Å². The summed E-state index contributed by atoms with van der Waals surface area (Å²) in [5.41, 5.74) is 0. The summed E-state index contributed by atoms with van der Waals surface area (Å²) >= 11 is 5.15. The summed E-state index contributed by atoms with van der Waals surface area (Å²) in [6.45, 7) is 0. The van der Waals surface area contributed by atoms with E-state index in [0.717, 1.165) is 0 Å². The Labute approximate surface area is 50.3 Å². The molecule has 2 nitrogen and oxygen atoms in total. The molecular formula is C3H4ClO2Si. The molecule has 0 saturated heterocycles. The Kier molecular flexibility index (Phi) is 4.13. The zero-order chi connectivity index (χ0) is 5.70. The van der Waals surface area contributed by atoms with Crippen molar-refractivity contribution in [2.24, 2.45) is 0 Å². The molecule has 0 fully saturated rings. The summed E-state index contributed by atoms with van der Waals surface area (Å²) in [6, 6.07) is 0. The Morgan fingerprint density at radius 1 is 1.86 bits per heavy atom. The fourth-order valence-electron chi connectivity index (χ4n) is 0.128. The first kappa shape index (κ1) is 6.98. The zero-order valence-electron chi connectivity index (χ0n) is 3.61. The zero-order valence-corrected chi connectivity index (χ0v) is 5.36. The molecule has 0 aliphatic carbocycles. The van der Waals surface area contributed by atoms with Crippen molar-refractivity contribution in [1.82, 2.24) is 0 Å². The molecule has 0 amide bonds. The smallest absolute Gasteiger partial charge is 0.345 e. The van der Waals surface area contributed by atoms with Crippen molar-refractivity contribution in [2.75, 3.05) is 5.88 Å². The number of carbonyl (C=O) groups excluding carboxylic acids is 1. The standard InChI is InChI=1S/C3H4ClO2Si/c4-2-1-3(5)6-7/h1-2H2. The van der Waals surface area contributed by atoms with Crippen LogP contribution in [0, 0.1) is 0 Å². The van der Waals surface area contributed by atoms with Crippen molar-refractivity contribution in [3.05, 3.63) is 0 Å². The molecule has 4 heteroatoms. The van der Waals surface area contributed by atoms with Crippen molar-refractivity contribution in [2.45, 2.75) is 6.42 Å². The number of alkyl halides is 1. The van der Waals surface area contributed by atoms with E-state index in [9.17, 15) is 4.79 Å². The predicted molar refractivity (Wildman–Crippen MR) is 27.2 cm³/mol. The van der Waals surface area contributed by atoms with Gasteiger partial charge in [0.25, 0.3) is 5.97 Å². The third-order valence-corrected chi connectivity index (χ3v) is 0.829. The maximum absolute atomic E-state index is 10.1. The van der Waals surface area contributed by atoms with Crippen molar-refractivity contribution in [1.29, 1.82) is 0 Å². The molecule has 39 valence electrons. The molecule has 3 radical (unpaired) electrons. The second-order valence-corrected chi connectivity index (χ2v) is 1.50. The second kappa shape index (κ2) is 4.14. The van der Waals surface area contributed by atoms with E-state index in [1.807, 2.05) is 0 Å². The molecule has 7 heavy (non-hydrogen) atoms. The molecular weight excluding hydrogens is 132 g/mol. The van der Waals surface area contributed by atoms with Gasteiger partial charge >= 0.3 is 10.5 Å². The molecule has 0 N–H and O–H groups in total. The van der Waals surface area contributed by atoms with Gasteiger partial charge in [0.15, 0.2) is 0 Å². The first-order valence-electron chi connectivity index (χ1n) is 1.73. The topological polar surface area (TPSA) is 26.3 Å². The molecule has 0 heterocycles. The third-order valence-electron chi connectivity index (χ3n) is 0.412. The van der Waals surface area contributed by atoms with Crippen molar-refractivity contribution in [3.8, 4) is 0 Å². The Balaban J connectivity index is 3.00. The van der Waals surface area contributed by atoms with Gasteiger partial charge < -0.3 is 4.43 Å². The summed E-state index contributed by atoms with van der Waals surface area (Å²) in [7, 11) is 2.55. The largest absolute Gasteiger partial charge is 0.516 e. The van der Waals surface area contributed by atoms with Crippen LogP contribution in [0.5, 0.6) is 0 Å². The van der Waals surface area contributed by atoms with E-state index < -0.39 is 0 Å². The van der Waals surface area contributed by atoms with Crippen LogP contribution in [0.25, 0.3) is 0 Å². The highest BCUT2D eigenvalue weighted by atomic mass is 35.5. The van der Waals surface area contributed by atoms with Gasteiger partial charge in [0.2, 0.25) is 0 Å². The highest BCUT2D eigenvalue weighted by Gasteiger charge is 1.93. The lowest BCUT2D eigenvalue weighted by Crippen LogP contribution is -2.00. The average molecular weight is 136 g/mol. The van der Waals surface area contributed by atoms with Crippen molar-refractivity contribution >= 4 is 28.1 Å². The van der Waals surface area contributed by atoms with Gasteiger partial charge in [-0.15, -0.1) is 11.6 Å². The van der Waals surface area contributed by atoms with E-state index in [0.29, 0.717) is 5.88 Å². The number of carbonyl (C=O) groups is 1. The SMILES string of the molecule is O=C(CCCl)O[Si]. The minimum atomic E-state index is -0.341. The maximum Gasteiger partial charge on any atom is 0.345 e. The molecule has 0 aromatic heterocycles. The minimum Gasteiger partial charge on any atom is -0.516 e. The van der Waals surface area contributed by atoms with Gasteiger partial charge in [0.05, 0.1) is 6.42 Å². The lowest BCUT2D eigenvalue weighted by molar-refractivity contribution is -0.133. The van der Waals surface area contributed by atoms with Gasteiger partial charge in [-0.2, -0.15) is 0 Å². The molecule has 0 rings (SSSR count). The normalized spacial score (nSPS) is 8.29. The summed E-state index contributed by atoms with van der Waals surface area (Å²) in [4.78, 5) is 10.1. The van der Waals surface area contributed by atoms with Crippen LogP contribution < -0.4 is 0 Å². The Morgan fingerprint density at radius 3 is 2.57 bits per heavy atom. The van der Waals surface area contributed by atoms with Gasteiger partial charge in [-0.25, -0.2) is 0 Å². The Bertz CT molecular complexity index is 66.0. The van der Waals surface area contributed by atoms with Crippen LogP contribution in [-0.2, 0) is 9.22 Å². The van der Waals surface area contributed by atoms with Gasteiger partial charge in [-0.05, 0) is 0 Å². The predicted octanol–water partition coefficient (Wildman–Crippen LogP) is 0.242. The van der Waals surface area contributed by atoms with Crippen molar-refractivity contribution in [3.63, 3.8) is 0 Å². The molecule has 0 spiro atoms. The second-order valence-electron chi connectivity index (χ2n) is 0.913. The summed E-state index contributed by atoms with van der Waals surface area (Å²) < 4.78 is 4.07. The van der Waals surface area contributed by atoms with Crippen LogP contribution in [0.1, 0.15) is 6.42 Å². The van der Waals surface area contributed by atoms with E-state index >= 15 is 0 Å². The number of hydrogen-bond acceptors (Lipinski definition) is 2. The van der Waals surface area contributed by atoms with Crippen LogP contribution in [0.2, 0.25) is 0 Å². The van der Waals surface area contributed by atoms with Crippen LogP contribution in [0.4, 0.5) is 0 Å². The summed E-state index contributed by atoms with van der Waals surface area (Å²) in [6.07, 6.45) is 0.255. The first-order valence-corrected chi connectivity index (χ1v) is 2.68. The fraction of sp³-hybridized carbons (Fsp3) is 0.667. The van der Waals surface area contributed by atoms with Crippen LogP contribution >= 0.6 is 11.6 Å². The lowest BCUT2D eigenvalue weighted by atomic mass is 10.5. The highest BCUT2D eigenvalue weighted by molar-refractivity contribution is 6.19. The molecule has 0 saturated carbocycles. The molecule has 0 aliphatic rings. The van der Waals surface area contributed by atoms with E-state index in [4.69, 9.17) is 11.6 Å². The first-order chi connectivity index (χ1) is 3.31. The molecule has 0 atom stereocenters. The Hall–Kier alpha value is -0.0231. The third kappa shape index (κ3) is 3.82. The van der Waals surface area contributed by atoms with Gasteiger partial charge in [0.1, 0.15) is 0 Å². The lowest BCUT2D eigenvalue weighted by Gasteiger charge is -1.90. The molecule has 0 aromatic rings. The van der Waals surface area contributed by atoms with Crippen molar-refractivity contribution < 1.29 is 9.22 Å². The van der Waals surface area contributed by atoms with Crippen LogP contribution in [0.3, 0.4) is 0 Å². The fourth-order valence-corrected chi connectivity index (χ4v) is 0.385. The van der Waals surface area contributed by atoms with Gasteiger partial charge in [-0.1, -0.05) is 0 Å². The van der Waals surface area contributed by atoms with Crippen LogP contribution in [0.15, 0.2) is 0 Å². The minimum absolute atomic E-state index is 0.255. The van der Waals surface area contributed by atoms with E-state index in [2.05, 4.69) is 14.9 Å². The van der Waals surface area contributed by atoms with E-state index in [1.165, 1.54) is 0 Å². The monoisotopic (exact) mass is 135 g/mol. The molecule has 0 unspecified atom stereocenters. The average Bonchev–Trinajstić information content (AvgIpc) is 1.68. The highest BCUT2D eigenvalue weighted by Crippen LogP contribution is 1.84. The van der Waals surface area contributed by atoms with Gasteiger partial charge in [-0.3, -0.25) is 4.79 Å². The maximum atomic E-state index is 10.1. The molecule has 0 bridgehead atoms. The summed E-state index contributed by atoms with van der Waals surface area (Å²) in [5.74, 6) is -0.0322. The van der Waals surface area contributed by atoms with E-state index in [-0.39, 0.29) is 12.4 Å². The van der Waals surface area contributed by atoms with E-state index in [1.54, 1.807) is 0 Å². The number of rotatable bonds is 2. The molecule has 0 aliphatic heterocycles. The molecule has 0 aromatic carbocycles. The Morgan fingerprint density at radius 2 is 2.43 bits per heavy atom. The van der Waals surface area contributed by atoms with Crippen LogP contribution in [-0.4, -0.2) is 22.3 Å². The number of halogens is 1.